The Hall–Kier alpha value is -2.58. The highest BCUT2D eigenvalue weighted by atomic mass is 16.6. The maximum Gasteiger partial charge on any atom is 0.266 e. The Bertz CT molecular complexity index is 753. The van der Waals surface area contributed by atoms with Crippen LogP contribution in [-0.2, 0) is 4.74 Å². The number of epoxide rings is 1. The molecule has 1 unspecified atom stereocenters. The minimum atomic E-state index is -0.362. The molecule has 1 aromatic carbocycles. The van der Waals surface area contributed by atoms with Gasteiger partial charge in [0.15, 0.2) is 0 Å². The molecule has 1 aliphatic heterocycles. The zero-order valence-corrected chi connectivity index (χ0v) is 11.6. The number of hydrogen-bond acceptors (Lipinski definition) is 4. The van der Waals surface area contributed by atoms with E-state index in [4.69, 9.17) is 14.7 Å². The van der Waals surface area contributed by atoms with Crippen LogP contribution in [0, 0.1) is 18.3 Å². The van der Waals surface area contributed by atoms with Crippen molar-refractivity contribution in [2.75, 3.05) is 13.2 Å². The minimum Gasteiger partial charge on any atom is -0.491 e. The van der Waals surface area contributed by atoms with E-state index in [0.29, 0.717) is 12.2 Å². The van der Waals surface area contributed by atoms with Crippen LogP contribution in [0.4, 0.5) is 0 Å². The summed E-state index contributed by atoms with van der Waals surface area (Å²) < 4.78 is 10.6. The summed E-state index contributed by atoms with van der Waals surface area (Å²) in [5.41, 5.74) is 1.94. The smallest absolute Gasteiger partial charge is 0.266 e. The number of aryl methyl sites for hydroxylation is 1. The number of benzene rings is 1. The monoisotopic (exact) mass is 282 g/mol. The van der Waals surface area contributed by atoms with Gasteiger partial charge in [-0.05, 0) is 30.7 Å². The molecule has 1 N–H and O–H groups in total. The van der Waals surface area contributed by atoms with Crippen LogP contribution in [0.2, 0.25) is 0 Å². The van der Waals surface area contributed by atoms with Crippen LogP contribution in [-0.4, -0.2) is 24.3 Å². The molecule has 1 fully saturated rings. The Morgan fingerprint density at radius 1 is 1.43 bits per heavy atom. The fourth-order valence-corrected chi connectivity index (χ4v) is 2.11. The van der Waals surface area contributed by atoms with Crippen LogP contribution in [0.15, 0.2) is 35.1 Å². The van der Waals surface area contributed by atoms with E-state index in [1.165, 1.54) is 0 Å². The molecule has 2 aromatic rings. The van der Waals surface area contributed by atoms with Crippen molar-refractivity contribution in [3.05, 3.63) is 51.9 Å². The van der Waals surface area contributed by atoms with Gasteiger partial charge in [-0.2, -0.15) is 5.26 Å². The van der Waals surface area contributed by atoms with E-state index < -0.39 is 0 Å². The lowest BCUT2D eigenvalue weighted by Gasteiger charge is -2.08. The van der Waals surface area contributed by atoms with Crippen LogP contribution in [0.3, 0.4) is 0 Å². The number of nitriles is 1. The van der Waals surface area contributed by atoms with E-state index in [1.54, 1.807) is 13.0 Å². The number of nitrogens with one attached hydrogen (secondary N) is 1. The average Bonchev–Trinajstić information content (AvgIpc) is 3.29. The van der Waals surface area contributed by atoms with Crippen molar-refractivity contribution in [2.24, 2.45) is 0 Å². The highest BCUT2D eigenvalue weighted by molar-refractivity contribution is 5.70. The number of hydrogen-bond donors (Lipinski definition) is 1. The third-order valence-corrected chi connectivity index (χ3v) is 3.28. The molecule has 0 bridgehead atoms. The first-order valence-corrected chi connectivity index (χ1v) is 6.66. The van der Waals surface area contributed by atoms with E-state index in [-0.39, 0.29) is 17.2 Å². The number of H-pyrrole nitrogens is 1. The predicted molar refractivity (Wildman–Crippen MR) is 77.2 cm³/mol. The summed E-state index contributed by atoms with van der Waals surface area (Å²) in [5, 5.41) is 9.15. The Morgan fingerprint density at radius 2 is 2.14 bits per heavy atom. The lowest BCUT2D eigenvalue weighted by atomic mass is 10.0. The molecule has 1 aliphatic rings. The summed E-state index contributed by atoms with van der Waals surface area (Å²) in [6.07, 6.45) is 0.213. The third-order valence-electron chi connectivity index (χ3n) is 3.28. The van der Waals surface area contributed by atoms with Gasteiger partial charge in [0.05, 0.1) is 6.61 Å². The van der Waals surface area contributed by atoms with Crippen molar-refractivity contribution in [3.8, 4) is 22.9 Å². The molecule has 1 atom stereocenters. The van der Waals surface area contributed by atoms with Gasteiger partial charge in [-0.1, -0.05) is 12.1 Å². The first-order valence-electron chi connectivity index (χ1n) is 6.66. The van der Waals surface area contributed by atoms with Crippen molar-refractivity contribution in [2.45, 2.75) is 13.0 Å². The van der Waals surface area contributed by atoms with Crippen molar-refractivity contribution < 1.29 is 9.47 Å². The van der Waals surface area contributed by atoms with Crippen molar-refractivity contribution in [3.63, 3.8) is 0 Å². The van der Waals surface area contributed by atoms with Gasteiger partial charge >= 0.3 is 0 Å². The summed E-state index contributed by atoms with van der Waals surface area (Å²) in [4.78, 5) is 14.4. The second kappa shape index (κ2) is 5.43. The van der Waals surface area contributed by atoms with Gasteiger partial charge in [0, 0.05) is 11.3 Å². The maximum atomic E-state index is 11.8. The highest BCUT2D eigenvalue weighted by Crippen LogP contribution is 2.25. The Balaban J connectivity index is 1.89. The van der Waals surface area contributed by atoms with Gasteiger partial charge in [-0.25, -0.2) is 0 Å². The first kappa shape index (κ1) is 13.4. The summed E-state index contributed by atoms with van der Waals surface area (Å²) in [6, 6.07) is 11.1. The Kier molecular flexibility index (Phi) is 3.46. The molecule has 0 radical (unpaired) electrons. The lowest BCUT2D eigenvalue weighted by molar-refractivity contribution is 0.263. The Morgan fingerprint density at radius 3 is 2.76 bits per heavy atom. The normalized spacial score (nSPS) is 16.3. The maximum absolute atomic E-state index is 11.8. The van der Waals surface area contributed by atoms with Crippen molar-refractivity contribution in [1.82, 2.24) is 4.98 Å². The summed E-state index contributed by atoms with van der Waals surface area (Å²) in [5.74, 6) is 0.745. The predicted octanol–water partition coefficient (Wildman–Crippen LogP) is 2.00. The standard InChI is InChI=1S/C16H14N2O3/c1-10-6-14(15(7-17)16(19)18-10)11-2-4-12(5-3-11)20-8-13-9-21-13/h2-6,13H,8-9H2,1H3,(H,18,19). The average molecular weight is 282 g/mol. The number of rotatable bonds is 4. The van der Waals surface area contributed by atoms with Gasteiger partial charge in [-0.15, -0.1) is 0 Å². The van der Waals surface area contributed by atoms with Crippen LogP contribution in [0.25, 0.3) is 11.1 Å². The SMILES string of the molecule is Cc1cc(-c2ccc(OCC3CO3)cc2)c(C#N)c(=O)[nH]1. The molecule has 0 saturated carbocycles. The number of nitrogens with zero attached hydrogens (tertiary/aromatic N) is 1. The van der Waals surface area contributed by atoms with E-state index in [0.717, 1.165) is 23.6 Å². The summed E-state index contributed by atoms with van der Waals surface area (Å²) in [7, 11) is 0. The molecular formula is C16H14N2O3. The molecule has 106 valence electrons. The summed E-state index contributed by atoms with van der Waals surface area (Å²) in [6.45, 7) is 3.10. The van der Waals surface area contributed by atoms with E-state index in [1.807, 2.05) is 30.3 Å². The van der Waals surface area contributed by atoms with Crippen molar-refractivity contribution in [1.29, 1.82) is 5.26 Å². The fraction of sp³-hybridized carbons (Fsp3) is 0.250. The van der Waals surface area contributed by atoms with Crippen molar-refractivity contribution >= 4 is 0 Å². The zero-order chi connectivity index (χ0) is 14.8. The molecule has 2 heterocycles. The molecule has 0 spiro atoms. The second-order valence-corrected chi connectivity index (χ2v) is 4.97. The van der Waals surface area contributed by atoms with Gasteiger partial charge in [0.25, 0.3) is 5.56 Å². The van der Waals surface area contributed by atoms with E-state index in [9.17, 15) is 4.79 Å². The number of aromatic nitrogens is 1. The molecule has 1 saturated heterocycles. The topological polar surface area (TPSA) is 78.4 Å². The van der Waals surface area contributed by atoms with Crippen LogP contribution in [0.1, 0.15) is 11.3 Å². The molecule has 0 aliphatic carbocycles. The third kappa shape index (κ3) is 2.96. The van der Waals surface area contributed by atoms with Crippen LogP contribution in [0.5, 0.6) is 5.75 Å². The molecule has 0 amide bonds. The fourth-order valence-electron chi connectivity index (χ4n) is 2.11. The first-order chi connectivity index (χ1) is 10.2. The lowest BCUT2D eigenvalue weighted by Crippen LogP contribution is -2.12. The molecular weight excluding hydrogens is 268 g/mol. The number of ether oxygens (including phenoxy) is 2. The van der Waals surface area contributed by atoms with E-state index in [2.05, 4.69) is 4.98 Å². The van der Waals surface area contributed by atoms with Crippen LogP contribution >= 0.6 is 0 Å². The highest BCUT2D eigenvalue weighted by Gasteiger charge is 2.23. The quantitative estimate of drug-likeness (QED) is 0.870. The second-order valence-electron chi connectivity index (χ2n) is 4.97. The van der Waals surface area contributed by atoms with Gasteiger partial charge in [-0.3, -0.25) is 4.79 Å². The number of pyridine rings is 1. The Labute approximate surface area is 121 Å². The zero-order valence-electron chi connectivity index (χ0n) is 11.6. The molecule has 5 heteroatoms. The van der Waals surface area contributed by atoms with Crippen LogP contribution < -0.4 is 10.3 Å². The van der Waals surface area contributed by atoms with Gasteiger partial charge in [0.2, 0.25) is 0 Å². The minimum absolute atomic E-state index is 0.126. The molecule has 1 aromatic heterocycles. The van der Waals surface area contributed by atoms with E-state index >= 15 is 0 Å². The van der Waals surface area contributed by atoms with Gasteiger partial charge in [0.1, 0.15) is 30.1 Å². The summed E-state index contributed by atoms with van der Waals surface area (Å²) >= 11 is 0. The molecule has 21 heavy (non-hydrogen) atoms. The molecule has 3 rings (SSSR count). The van der Waals surface area contributed by atoms with Gasteiger partial charge < -0.3 is 14.5 Å². The molecule has 5 nitrogen and oxygen atoms in total. The largest absolute Gasteiger partial charge is 0.491 e. The number of aromatic amines is 1.